The highest BCUT2D eigenvalue weighted by Gasteiger charge is 2.34. The lowest BCUT2D eigenvalue weighted by atomic mass is 10.2. The molecule has 1 amide bonds. The van der Waals surface area contributed by atoms with Crippen LogP contribution in [-0.2, 0) is 14.6 Å². The number of hydrogen-bond donors (Lipinski definition) is 0. The number of ether oxygens (including phenoxy) is 1. The van der Waals surface area contributed by atoms with Crippen LogP contribution in [0.2, 0.25) is 0 Å². The molecule has 0 bridgehead atoms. The first-order chi connectivity index (χ1) is 17.8. The molecule has 5 rings (SSSR count). The largest absolute Gasteiger partial charge is 0.484 e. The number of nitrogens with zero attached hydrogens (tertiary/aromatic N) is 3. The van der Waals surface area contributed by atoms with E-state index in [1.165, 1.54) is 18.4 Å². The Hall–Kier alpha value is -4.12. The summed E-state index contributed by atoms with van der Waals surface area (Å²) < 4.78 is 57.1. The number of halogens is 1. The molecule has 0 spiro atoms. The summed E-state index contributed by atoms with van der Waals surface area (Å²) in [5.41, 5.74) is 1.03. The first-order valence-electron chi connectivity index (χ1n) is 11.6. The van der Waals surface area contributed by atoms with E-state index in [-0.39, 0.29) is 40.0 Å². The highest BCUT2D eigenvalue weighted by atomic mass is 32.2. The Balaban J connectivity index is 1.34. The normalized spacial score (nSPS) is 14.1. The first kappa shape index (κ1) is 24.6. The second kappa shape index (κ2) is 10.1. The lowest BCUT2D eigenvalue weighted by Gasteiger charge is -2.34. The van der Waals surface area contributed by atoms with Crippen LogP contribution in [0.1, 0.15) is 5.56 Å². The number of rotatable bonds is 7. The van der Waals surface area contributed by atoms with Gasteiger partial charge >= 0.3 is 0 Å². The summed E-state index contributed by atoms with van der Waals surface area (Å²) in [7, 11) is -4.13. The van der Waals surface area contributed by atoms with Gasteiger partial charge in [-0.3, -0.25) is 4.79 Å². The van der Waals surface area contributed by atoms with Crippen LogP contribution < -0.4 is 9.64 Å². The van der Waals surface area contributed by atoms with Gasteiger partial charge in [-0.25, -0.2) is 12.8 Å². The van der Waals surface area contributed by atoms with E-state index in [1.807, 2.05) is 25.1 Å². The van der Waals surface area contributed by atoms with Crippen molar-refractivity contribution in [3.63, 3.8) is 0 Å². The molecule has 11 heteroatoms. The maximum atomic E-state index is 13.4. The summed E-state index contributed by atoms with van der Waals surface area (Å²) in [5, 5.41) is -0.298. The van der Waals surface area contributed by atoms with Crippen molar-refractivity contribution in [2.75, 3.05) is 37.7 Å². The number of oxazole rings is 1. The fourth-order valence-corrected chi connectivity index (χ4v) is 5.33. The Labute approximate surface area is 213 Å². The molecule has 37 heavy (non-hydrogen) atoms. The Morgan fingerprint density at radius 1 is 1.05 bits per heavy atom. The van der Waals surface area contributed by atoms with E-state index in [2.05, 4.69) is 4.98 Å². The number of sulfone groups is 1. The predicted molar refractivity (Wildman–Crippen MR) is 132 cm³/mol. The summed E-state index contributed by atoms with van der Waals surface area (Å²) in [4.78, 5) is 20.2. The Morgan fingerprint density at radius 3 is 2.49 bits per heavy atom. The summed E-state index contributed by atoms with van der Waals surface area (Å²) in [6, 6.07) is 15.2. The van der Waals surface area contributed by atoms with Crippen molar-refractivity contribution < 1.29 is 31.2 Å². The van der Waals surface area contributed by atoms with E-state index in [9.17, 15) is 17.6 Å². The van der Waals surface area contributed by atoms with Crippen LogP contribution in [0.25, 0.3) is 11.7 Å². The fraction of sp³-hybridized carbons (Fsp3) is 0.231. The number of amides is 1. The number of hydrogen-bond acceptors (Lipinski definition) is 8. The zero-order valence-electron chi connectivity index (χ0n) is 20.0. The molecule has 0 aliphatic carbocycles. The molecule has 4 aromatic rings. The standard InChI is InChI=1S/C26H24FN3O6S/c1-18-4-2-5-20(16-18)35-17-23(31)29-11-13-30(14-12-29)26-25(28-24(36-26)22-6-3-15-34-22)37(32,33)21-9-7-19(27)8-10-21/h2-10,15-16H,11-14,17H2,1H3. The third-order valence-corrected chi connectivity index (χ3v) is 7.63. The van der Waals surface area contributed by atoms with Gasteiger partial charge < -0.3 is 23.4 Å². The minimum Gasteiger partial charge on any atom is -0.484 e. The maximum Gasteiger partial charge on any atom is 0.266 e. The average Bonchev–Trinajstić information content (AvgIpc) is 3.59. The molecule has 0 saturated carbocycles. The van der Waals surface area contributed by atoms with Gasteiger partial charge in [-0.05, 0) is 61.0 Å². The Kier molecular flexibility index (Phi) is 6.70. The third-order valence-electron chi connectivity index (χ3n) is 5.96. The molecule has 1 saturated heterocycles. The van der Waals surface area contributed by atoms with Gasteiger partial charge in [0.05, 0.1) is 11.2 Å². The minimum absolute atomic E-state index is 0.00532. The minimum atomic E-state index is -4.13. The SMILES string of the molecule is Cc1cccc(OCC(=O)N2CCN(c3oc(-c4ccco4)nc3S(=O)(=O)c3ccc(F)cc3)CC2)c1. The first-order valence-corrected chi connectivity index (χ1v) is 13.1. The van der Waals surface area contributed by atoms with Gasteiger partial charge in [0.1, 0.15) is 11.6 Å². The fourth-order valence-electron chi connectivity index (χ4n) is 4.00. The molecule has 3 heterocycles. The van der Waals surface area contributed by atoms with E-state index in [1.54, 1.807) is 28.0 Å². The van der Waals surface area contributed by atoms with Crippen LogP contribution in [0.5, 0.6) is 5.75 Å². The van der Waals surface area contributed by atoms with Gasteiger partial charge in [0.15, 0.2) is 12.4 Å². The van der Waals surface area contributed by atoms with Crippen molar-refractivity contribution in [3.8, 4) is 17.4 Å². The number of aryl methyl sites for hydroxylation is 1. The summed E-state index contributed by atoms with van der Waals surface area (Å²) >= 11 is 0. The van der Waals surface area contributed by atoms with Gasteiger partial charge in [-0.2, -0.15) is 4.98 Å². The van der Waals surface area contributed by atoms with E-state index >= 15 is 0 Å². The van der Waals surface area contributed by atoms with Gasteiger partial charge in [0, 0.05) is 26.2 Å². The molecule has 0 atom stereocenters. The molecule has 1 aliphatic rings. The Morgan fingerprint density at radius 2 is 1.81 bits per heavy atom. The number of carbonyl (C=O) groups excluding carboxylic acids is 1. The van der Waals surface area contributed by atoms with Crippen molar-refractivity contribution in [1.29, 1.82) is 0 Å². The van der Waals surface area contributed by atoms with Crippen molar-refractivity contribution in [2.45, 2.75) is 16.8 Å². The van der Waals surface area contributed by atoms with E-state index in [0.29, 0.717) is 31.9 Å². The second-order valence-electron chi connectivity index (χ2n) is 8.54. The van der Waals surface area contributed by atoms with Gasteiger partial charge in [-0.15, -0.1) is 0 Å². The molecule has 0 N–H and O–H groups in total. The van der Waals surface area contributed by atoms with Crippen LogP contribution in [-0.4, -0.2) is 57.0 Å². The van der Waals surface area contributed by atoms with Crippen LogP contribution in [0, 0.1) is 12.7 Å². The molecule has 192 valence electrons. The number of aromatic nitrogens is 1. The van der Waals surface area contributed by atoms with E-state index in [4.69, 9.17) is 13.6 Å². The van der Waals surface area contributed by atoms with E-state index < -0.39 is 15.7 Å². The van der Waals surface area contributed by atoms with Gasteiger partial charge in [0.25, 0.3) is 11.8 Å². The number of benzene rings is 2. The maximum absolute atomic E-state index is 13.4. The number of piperazine rings is 1. The van der Waals surface area contributed by atoms with Gasteiger partial charge in [0.2, 0.25) is 20.7 Å². The molecule has 1 aliphatic heterocycles. The molecule has 2 aromatic heterocycles. The monoisotopic (exact) mass is 525 g/mol. The zero-order valence-corrected chi connectivity index (χ0v) is 20.8. The van der Waals surface area contributed by atoms with Crippen LogP contribution in [0.4, 0.5) is 10.3 Å². The van der Waals surface area contributed by atoms with Crippen molar-refractivity contribution in [1.82, 2.24) is 9.88 Å². The van der Waals surface area contributed by atoms with Crippen molar-refractivity contribution in [3.05, 3.63) is 78.3 Å². The highest BCUT2D eigenvalue weighted by Crippen LogP contribution is 2.35. The summed E-state index contributed by atoms with van der Waals surface area (Å²) in [5.74, 6) is 0.208. The topological polar surface area (TPSA) is 106 Å². The quantitative estimate of drug-likeness (QED) is 0.334. The van der Waals surface area contributed by atoms with Crippen LogP contribution in [0.3, 0.4) is 0 Å². The summed E-state index contributed by atoms with van der Waals surface area (Å²) in [6.07, 6.45) is 1.43. The molecule has 2 aromatic carbocycles. The number of anilines is 1. The van der Waals surface area contributed by atoms with Crippen LogP contribution in [0.15, 0.2) is 85.7 Å². The van der Waals surface area contributed by atoms with Gasteiger partial charge in [-0.1, -0.05) is 12.1 Å². The second-order valence-corrected chi connectivity index (χ2v) is 10.4. The molecule has 0 unspecified atom stereocenters. The van der Waals surface area contributed by atoms with Crippen LogP contribution >= 0.6 is 0 Å². The molecular formula is C26H24FN3O6S. The molecule has 9 nitrogen and oxygen atoms in total. The highest BCUT2D eigenvalue weighted by molar-refractivity contribution is 7.91. The summed E-state index contributed by atoms with van der Waals surface area (Å²) in [6.45, 7) is 3.15. The Bertz CT molecular complexity index is 1490. The molecule has 1 fully saturated rings. The third kappa shape index (κ3) is 5.21. The predicted octanol–water partition coefficient (Wildman–Crippen LogP) is 3.94. The van der Waals surface area contributed by atoms with E-state index in [0.717, 1.165) is 17.7 Å². The molecular weight excluding hydrogens is 501 g/mol. The number of furan rings is 1. The number of carbonyl (C=O) groups is 1. The van der Waals surface area contributed by atoms with Crippen molar-refractivity contribution >= 4 is 21.6 Å². The lowest BCUT2D eigenvalue weighted by Crippen LogP contribution is -2.50. The smallest absolute Gasteiger partial charge is 0.266 e. The molecule has 0 radical (unpaired) electrons. The average molecular weight is 526 g/mol. The van der Waals surface area contributed by atoms with Crippen molar-refractivity contribution in [2.24, 2.45) is 0 Å². The lowest BCUT2D eigenvalue weighted by molar-refractivity contribution is -0.133. The zero-order chi connectivity index (χ0) is 26.0.